The van der Waals surface area contributed by atoms with E-state index in [1.54, 1.807) is 19.1 Å². The fourth-order valence-electron chi connectivity index (χ4n) is 1.88. The lowest BCUT2D eigenvalue weighted by atomic mass is 10.1. The van der Waals surface area contributed by atoms with Crippen LogP contribution in [0.15, 0.2) is 36.4 Å². The Kier molecular flexibility index (Phi) is 4.75. The Morgan fingerprint density at radius 2 is 1.71 bits per heavy atom. The van der Waals surface area contributed by atoms with E-state index in [4.69, 9.17) is 15.2 Å². The van der Waals surface area contributed by atoms with E-state index >= 15 is 0 Å². The largest absolute Gasteiger partial charge is 0.494 e. The molecule has 112 valence electrons. The molecule has 2 aromatic rings. The highest BCUT2D eigenvalue weighted by atomic mass is 19.1. The molecule has 0 spiro atoms. The van der Waals surface area contributed by atoms with Gasteiger partial charge in [-0.05, 0) is 42.3 Å². The van der Waals surface area contributed by atoms with E-state index in [2.05, 4.69) is 0 Å². The summed E-state index contributed by atoms with van der Waals surface area (Å²) in [5.74, 6) is -0.702. The zero-order chi connectivity index (χ0) is 15.4. The van der Waals surface area contributed by atoms with Crippen molar-refractivity contribution in [2.45, 2.75) is 19.6 Å². The molecular weight excluding hydrogens is 276 g/mol. The summed E-state index contributed by atoms with van der Waals surface area (Å²) in [4.78, 5) is 0. The molecule has 3 nitrogen and oxygen atoms in total. The summed E-state index contributed by atoms with van der Waals surface area (Å²) < 4.78 is 37.6. The minimum Gasteiger partial charge on any atom is -0.494 e. The van der Waals surface area contributed by atoms with Crippen LogP contribution in [0.1, 0.15) is 24.1 Å². The van der Waals surface area contributed by atoms with E-state index in [0.29, 0.717) is 11.1 Å². The van der Waals surface area contributed by atoms with Crippen molar-refractivity contribution in [1.82, 2.24) is 0 Å². The predicted octanol–water partition coefficient (Wildman–Crippen LogP) is 3.57. The summed E-state index contributed by atoms with van der Waals surface area (Å²) in [5.41, 5.74) is 6.96. The van der Waals surface area contributed by atoms with Gasteiger partial charge in [0.15, 0.2) is 23.1 Å². The van der Waals surface area contributed by atoms with Crippen LogP contribution in [0.2, 0.25) is 0 Å². The molecular formula is C16H17F2NO2. The standard InChI is InChI=1S/C16H17F2NO2/c1-10(19)12-4-6-16(14(18)8-12)21-9-11-3-5-15(20-2)13(17)7-11/h3-8,10H,9,19H2,1-2H3. The van der Waals surface area contributed by atoms with E-state index in [-0.39, 0.29) is 24.1 Å². The number of benzene rings is 2. The molecule has 0 saturated heterocycles. The van der Waals surface area contributed by atoms with Gasteiger partial charge in [0.05, 0.1) is 7.11 Å². The van der Waals surface area contributed by atoms with Crippen LogP contribution in [0, 0.1) is 11.6 Å². The van der Waals surface area contributed by atoms with Crippen molar-refractivity contribution >= 4 is 0 Å². The van der Waals surface area contributed by atoms with Gasteiger partial charge in [0.25, 0.3) is 0 Å². The normalized spacial score (nSPS) is 12.0. The Labute approximate surface area is 122 Å². The Morgan fingerprint density at radius 3 is 2.29 bits per heavy atom. The average Bonchev–Trinajstić information content (AvgIpc) is 2.46. The number of halogens is 2. The van der Waals surface area contributed by atoms with Gasteiger partial charge in [0.1, 0.15) is 6.61 Å². The second-order valence-electron chi connectivity index (χ2n) is 4.74. The first kappa shape index (κ1) is 15.3. The van der Waals surface area contributed by atoms with Gasteiger partial charge >= 0.3 is 0 Å². The van der Waals surface area contributed by atoms with Crippen molar-refractivity contribution in [3.05, 3.63) is 59.2 Å². The maximum absolute atomic E-state index is 13.8. The van der Waals surface area contributed by atoms with Crippen molar-refractivity contribution in [1.29, 1.82) is 0 Å². The summed E-state index contributed by atoms with van der Waals surface area (Å²) in [7, 11) is 1.39. The van der Waals surface area contributed by atoms with Gasteiger partial charge in [0, 0.05) is 6.04 Å². The van der Waals surface area contributed by atoms with E-state index in [1.165, 1.54) is 31.4 Å². The first-order chi connectivity index (χ1) is 10.0. The average molecular weight is 293 g/mol. The smallest absolute Gasteiger partial charge is 0.165 e. The number of hydrogen-bond acceptors (Lipinski definition) is 3. The predicted molar refractivity (Wildman–Crippen MR) is 76.3 cm³/mol. The van der Waals surface area contributed by atoms with E-state index in [9.17, 15) is 8.78 Å². The molecule has 0 saturated carbocycles. The second kappa shape index (κ2) is 6.54. The van der Waals surface area contributed by atoms with Gasteiger partial charge in [-0.3, -0.25) is 0 Å². The van der Waals surface area contributed by atoms with Crippen LogP contribution in [0.3, 0.4) is 0 Å². The molecule has 2 N–H and O–H groups in total. The van der Waals surface area contributed by atoms with Gasteiger partial charge in [0.2, 0.25) is 0 Å². The van der Waals surface area contributed by atoms with Crippen molar-refractivity contribution in [3.8, 4) is 11.5 Å². The highest BCUT2D eigenvalue weighted by molar-refractivity contribution is 5.32. The molecule has 0 radical (unpaired) electrons. The third-order valence-electron chi connectivity index (χ3n) is 3.09. The minimum atomic E-state index is -0.487. The minimum absolute atomic E-state index is 0.0648. The summed E-state index contributed by atoms with van der Waals surface area (Å²) in [6.07, 6.45) is 0. The molecule has 0 bridgehead atoms. The van der Waals surface area contributed by atoms with Crippen molar-refractivity contribution in [2.24, 2.45) is 5.73 Å². The van der Waals surface area contributed by atoms with Crippen LogP contribution in [-0.4, -0.2) is 7.11 Å². The van der Waals surface area contributed by atoms with Crippen molar-refractivity contribution in [2.75, 3.05) is 7.11 Å². The molecule has 2 rings (SSSR count). The van der Waals surface area contributed by atoms with Gasteiger partial charge in [-0.25, -0.2) is 8.78 Å². The van der Waals surface area contributed by atoms with E-state index < -0.39 is 11.6 Å². The Morgan fingerprint density at radius 1 is 1.05 bits per heavy atom. The van der Waals surface area contributed by atoms with E-state index in [1.807, 2.05) is 0 Å². The lowest BCUT2D eigenvalue weighted by molar-refractivity contribution is 0.289. The summed E-state index contributed by atoms with van der Waals surface area (Å²) >= 11 is 0. The molecule has 0 amide bonds. The zero-order valence-electron chi connectivity index (χ0n) is 11.9. The Bertz CT molecular complexity index is 630. The molecule has 5 heteroatoms. The van der Waals surface area contributed by atoms with Gasteiger partial charge in [-0.1, -0.05) is 12.1 Å². The zero-order valence-corrected chi connectivity index (χ0v) is 11.9. The van der Waals surface area contributed by atoms with Crippen LogP contribution >= 0.6 is 0 Å². The molecule has 0 aliphatic heterocycles. The maximum atomic E-state index is 13.8. The third kappa shape index (κ3) is 3.70. The second-order valence-corrected chi connectivity index (χ2v) is 4.74. The van der Waals surface area contributed by atoms with E-state index in [0.717, 1.165) is 0 Å². The van der Waals surface area contributed by atoms with Crippen LogP contribution < -0.4 is 15.2 Å². The first-order valence-corrected chi connectivity index (χ1v) is 6.51. The highest BCUT2D eigenvalue weighted by Crippen LogP contribution is 2.23. The molecule has 21 heavy (non-hydrogen) atoms. The van der Waals surface area contributed by atoms with Crippen LogP contribution in [-0.2, 0) is 6.61 Å². The quantitative estimate of drug-likeness (QED) is 0.916. The Balaban J connectivity index is 2.08. The molecule has 0 fully saturated rings. The molecule has 1 atom stereocenters. The summed E-state index contributed by atoms with van der Waals surface area (Å²) in [5, 5.41) is 0. The molecule has 1 unspecified atom stereocenters. The monoisotopic (exact) mass is 293 g/mol. The van der Waals surface area contributed by atoms with Gasteiger partial charge in [-0.2, -0.15) is 0 Å². The lowest BCUT2D eigenvalue weighted by Crippen LogP contribution is -2.06. The lowest BCUT2D eigenvalue weighted by Gasteiger charge is -2.11. The molecule has 0 aromatic heterocycles. The number of nitrogens with two attached hydrogens (primary N) is 1. The van der Waals surface area contributed by atoms with Crippen molar-refractivity contribution < 1.29 is 18.3 Å². The topological polar surface area (TPSA) is 44.5 Å². The Hall–Kier alpha value is -2.14. The van der Waals surface area contributed by atoms with Crippen molar-refractivity contribution in [3.63, 3.8) is 0 Å². The van der Waals surface area contributed by atoms with Gasteiger partial charge < -0.3 is 15.2 Å². The number of methoxy groups -OCH3 is 1. The molecule has 2 aromatic carbocycles. The van der Waals surface area contributed by atoms with Gasteiger partial charge in [-0.15, -0.1) is 0 Å². The fraction of sp³-hybridized carbons (Fsp3) is 0.250. The highest BCUT2D eigenvalue weighted by Gasteiger charge is 2.09. The number of ether oxygens (including phenoxy) is 2. The summed E-state index contributed by atoms with van der Waals surface area (Å²) in [6.45, 7) is 1.84. The third-order valence-corrected chi connectivity index (χ3v) is 3.09. The number of hydrogen-bond donors (Lipinski definition) is 1. The fourth-order valence-corrected chi connectivity index (χ4v) is 1.88. The molecule has 0 aliphatic carbocycles. The van der Waals surface area contributed by atoms with Crippen LogP contribution in [0.25, 0.3) is 0 Å². The first-order valence-electron chi connectivity index (χ1n) is 6.51. The SMILES string of the molecule is COc1ccc(COc2ccc(C(C)N)cc2F)cc1F. The molecule has 0 aliphatic rings. The van der Waals surface area contributed by atoms with Crippen LogP contribution in [0.4, 0.5) is 8.78 Å². The molecule has 0 heterocycles. The maximum Gasteiger partial charge on any atom is 0.165 e. The number of rotatable bonds is 5. The summed E-state index contributed by atoms with van der Waals surface area (Å²) in [6, 6.07) is 8.79. The van der Waals surface area contributed by atoms with Crippen LogP contribution in [0.5, 0.6) is 11.5 Å².